The van der Waals surface area contributed by atoms with Crippen LogP contribution in [0.4, 0.5) is 0 Å². The summed E-state index contributed by atoms with van der Waals surface area (Å²) < 4.78 is 5.32. The van der Waals surface area contributed by atoms with Crippen molar-refractivity contribution < 1.29 is 14.6 Å². The van der Waals surface area contributed by atoms with Gasteiger partial charge in [0.25, 0.3) is 0 Å². The van der Waals surface area contributed by atoms with Gasteiger partial charge in [0.05, 0.1) is 11.0 Å². The summed E-state index contributed by atoms with van der Waals surface area (Å²) in [6.45, 7) is 4.03. The summed E-state index contributed by atoms with van der Waals surface area (Å²) in [4.78, 5) is 12.5. The average Bonchev–Trinajstić information content (AvgIpc) is 2.45. The third-order valence-electron chi connectivity index (χ3n) is 4.97. The molecule has 2 aliphatic rings. The van der Waals surface area contributed by atoms with Crippen molar-refractivity contribution in [1.29, 1.82) is 0 Å². The number of rotatable bonds is 4. The van der Waals surface area contributed by atoms with Gasteiger partial charge in [0.15, 0.2) is 0 Å². The van der Waals surface area contributed by atoms with E-state index in [1.54, 1.807) is 0 Å². The van der Waals surface area contributed by atoms with Gasteiger partial charge in [-0.2, -0.15) is 0 Å². The number of nitrogens with one attached hydrogen (secondary N) is 1. The molecule has 116 valence electrons. The van der Waals surface area contributed by atoms with Gasteiger partial charge in [-0.1, -0.05) is 19.8 Å². The zero-order chi connectivity index (χ0) is 14.6. The van der Waals surface area contributed by atoms with E-state index >= 15 is 0 Å². The Morgan fingerprint density at radius 3 is 2.70 bits per heavy atom. The molecule has 2 atom stereocenters. The van der Waals surface area contributed by atoms with Crippen LogP contribution in [0.3, 0.4) is 0 Å². The lowest BCUT2D eigenvalue weighted by Gasteiger charge is -2.38. The van der Waals surface area contributed by atoms with Crippen molar-refractivity contribution in [2.75, 3.05) is 26.3 Å². The molecule has 0 bridgehead atoms. The van der Waals surface area contributed by atoms with Crippen LogP contribution in [0.5, 0.6) is 0 Å². The predicted octanol–water partition coefficient (Wildman–Crippen LogP) is 0.799. The van der Waals surface area contributed by atoms with Crippen LogP contribution in [0, 0.1) is 11.3 Å². The molecule has 2 rings (SSSR count). The van der Waals surface area contributed by atoms with Gasteiger partial charge in [-0.3, -0.25) is 4.79 Å². The molecule has 0 aromatic heterocycles. The maximum Gasteiger partial charge on any atom is 0.227 e. The van der Waals surface area contributed by atoms with Crippen LogP contribution < -0.4 is 11.1 Å². The zero-order valence-electron chi connectivity index (χ0n) is 12.5. The lowest BCUT2D eigenvalue weighted by molar-refractivity contribution is -0.137. The minimum absolute atomic E-state index is 0.0186. The van der Waals surface area contributed by atoms with E-state index in [0.717, 1.165) is 19.3 Å². The van der Waals surface area contributed by atoms with Gasteiger partial charge in [-0.05, 0) is 31.6 Å². The second-order valence-electron chi connectivity index (χ2n) is 6.71. The molecule has 1 aliphatic carbocycles. The Morgan fingerprint density at radius 2 is 2.10 bits per heavy atom. The van der Waals surface area contributed by atoms with Gasteiger partial charge in [0.1, 0.15) is 0 Å². The predicted molar refractivity (Wildman–Crippen MR) is 77.1 cm³/mol. The zero-order valence-corrected chi connectivity index (χ0v) is 12.5. The first-order valence-electron chi connectivity index (χ1n) is 7.78. The number of hydrogen-bond acceptors (Lipinski definition) is 4. The number of nitrogens with two attached hydrogens (primary N) is 1. The van der Waals surface area contributed by atoms with E-state index in [1.807, 2.05) is 0 Å². The number of carbonyl (C=O) groups is 1. The van der Waals surface area contributed by atoms with Gasteiger partial charge in [-0.25, -0.2) is 0 Å². The van der Waals surface area contributed by atoms with E-state index in [0.29, 0.717) is 45.1 Å². The molecular weight excluding hydrogens is 256 g/mol. The lowest BCUT2D eigenvalue weighted by Crippen LogP contribution is -2.53. The van der Waals surface area contributed by atoms with Crippen LogP contribution in [-0.4, -0.2) is 42.9 Å². The summed E-state index contributed by atoms with van der Waals surface area (Å²) in [6.07, 6.45) is 5.08. The molecule has 2 fully saturated rings. The van der Waals surface area contributed by atoms with E-state index in [2.05, 4.69) is 12.2 Å². The van der Waals surface area contributed by atoms with Gasteiger partial charge in [0, 0.05) is 26.3 Å². The highest BCUT2D eigenvalue weighted by atomic mass is 16.5. The fraction of sp³-hybridized carbons (Fsp3) is 0.933. The van der Waals surface area contributed by atoms with Crippen LogP contribution in [0.1, 0.15) is 45.4 Å². The van der Waals surface area contributed by atoms with E-state index in [9.17, 15) is 9.90 Å². The van der Waals surface area contributed by atoms with Crippen molar-refractivity contribution in [2.45, 2.75) is 51.0 Å². The Hall–Kier alpha value is -0.650. The Bertz CT molecular complexity index is 342. The first-order chi connectivity index (χ1) is 9.50. The van der Waals surface area contributed by atoms with Crippen molar-refractivity contribution >= 4 is 5.91 Å². The minimum Gasteiger partial charge on any atom is -0.388 e. The van der Waals surface area contributed by atoms with E-state index < -0.39 is 11.0 Å². The van der Waals surface area contributed by atoms with Gasteiger partial charge >= 0.3 is 0 Å². The Kier molecular flexibility index (Phi) is 5.04. The molecule has 1 aliphatic heterocycles. The molecule has 0 radical (unpaired) electrons. The van der Waals surface area contributed by atoms with Crippen molar-refractivity contribution in [3.63, 3.8) is 0 Å². The van der Waals surface area contributed by atoms with Gasteiger partial charge in [-0.15, -0.1) is 0 Å². The largest absolute Gasteiger partial charge is 0.388 e. The highest BCUT2D eigenvalue weighted by molar-refractivity contribution is 5.83. The fourth-order valence-electron chi connectivity index (χ4n) is 3.51. The summed E-state index contributed by atoms with van der Waals surface area (Å²) in [5.74, 6) is 0.507. The molecule has 1 heterocycles. The molecule has 5 heteroatoms. The smallest absolute Gasteiger partial charge is 0.227 e. The summed E-state index contributed by atoms with van der Waals surface area (Å²) in [7, 11) is 0. The minimum atomic E-state index is -0.742. The second kappa shape index (κ2) is 6.41. The highest BCUT2D eigenvalue weighted by Crippen LogP contribution is 2.33. The van der Waals surface area contributed by atoms with Crippen molar-refractivity contribution in [3.05, 3.63) is 0 Å². The molecule has 2 unspecified atom stereocenters. The molecular formula is C15H28N2O3. The van der Waals surface area contributed by atoms with Crippen LogP contribution in [0.25, 0.3) is 0 Å². The second-order valence-corrected chi connectivity index (χ2v) is 6.71. The maximum absolute atomic E-state index is 12.5. The van der Waals surface area contributed by atoms with Crippen LogP contribution in [0.15, 0.2) is 0 Å². The van der Waals surface area contributed by atoms with Crippen LogP contribution >= 0.6 is 0 Å². The SMILES string of the molecule is CC1CCCC(O)(CNC(=O)C2(CN)CCOCC2)C1. The molecule has 0 aromatic rings. The lowest BCUT2D eigenvalue weighted by atomic mass is 9.77. The summed E-state index contributed by atoms with van der Waals surface area (Å²) in [6, 6.07) is 0. The molecule has 0 spiro atoms. The number of aliphatic hydroxyl groups is 1. The van der Waals surface area contributed by atoms with Gasteiger partial charge < -0.3 is 20.9 Å². The normalized spacial score (nSPS) is 33.6. The average molecular weight is 284 g/mol. The molecule has 20 heavy (non-hydrogen) atoms. The fourth-order valence-corrected chi connectivity index (χ4v) is 3.51. The Morgan fingerprint density at radius 1 is 1.40 bits per heavy atom. The topological polar surface area (TPSA) is 84.6 Å². The van der Waals surface area contributed by atoms with Crippen molar-refractivity contribution in [2.24, 2.45) is 17.1 Å². The number of hydrogen-bond donors (Lipinski definition) is 3. The third kappa shape index (κ3) is 3.51. The first-order valence-corrected chi connectivity index (χ1v) is 7.78. The summed E-state index contributed by atoms with van der Waals surface area (Å²) in [5.41, 5.74) is 4.58. The standard InChI is InChI=1S/C15H28N2O3/c1-12-3-2-4-15(19,9-12)11-17-13(18)14(10-16)5-7-20-8-6-14/h12,19H,2-11,16H2,1H3,(H,17,18). The Balaban J connectivity index is 1.90. The summed E-state index contributed by atoms with van der Waals surface area (Å²) in [5, 5.41) is 13.5. The number of amides is 1. The monoisotopic (exact) mass is 284 g/mol. The Labute approximate surface area is 121 Å². The first kappa shape index (κ1) is 15.7. The van der Waals surface area contributed by atoms with E-state index in [-0.39, 0.29) is 5.91 Å². The molecule has 1 saturated heterocycles. The van der Waals surface area contributed by atoms with Crippen LogP contribution in [0.2, 0.25) is 0 Å². The molecule has 4 N–H and O–H groups in total. The quantitative estimate of drug-likeness (QED) is 0.713. The van der Waals surface area contributed by atoms with Crippen molar-refractivity contribution in [3.8, 4) is 0 Å². The van der Waals surface area contributed by atoms with Crippen molar-refractivity contribution in [1.82, 2.24) is 5.32 Å². The van der Waals surface area contributed by atoms with Gasteiger partial charge in [0.2, 0.25) is 5.91 Å². The third-order valence-corrected chi connectivity index (χ3v) is 4.97. The molecule has 1 amide bonds. The highest BCUT2D eigenvalue weighted by Gasteiger charge is 2.40. The molecule has 1 saturated carbocycles. The maximum atomic E-state index is 12.5. The number of carbonyl (C=O) groups excluding carboxylic acids is 1. The molecule has 5 nitrogen and oxygen atoms in total. The molecule has 0 aromatic carbocycles. The number of ether oxygens (including phenoxy) is 1. The van der Waals surface area contributed by atoms with Crippen LogP contribution in [-0.2, 0) is 9.53 Å². The summed E-state index contributed by atoms with van der Waals surface area (Å²) >= 11 is 0. The van der Waals surface area contributed by atoms with E-state index in [1.165, 1.54) is 6.42 Å². The van der Waals surface area contributed by atoms with E-state index in [4.69, 9.17) is 10.5 Å².